The fraction of sp³-hybridized carbons (Fsp3) is 0.400. The van der Waals surface area contributed by atoms with Gasteiger partial charge in [0, 0.05) is 11.5 Å². The molecule has 0 atom stereocenters. The molecule has 0 N–H and O–H groups in total. The molecule has 2 rings (SSSR count). The van der Waals surface area contributed by atoms with Gasteiger partial charge in [-0.1, -0.05) is 56.6 Å². The number of rotatable bonds is 2. The van der Waals surface area contributed by atoms with Crippen LogP contribution in [-0.2, 0) is 0 Å². The molecule has 0 radical (unpaired) electrons. The summed E-state index contributed by atoms with van der Waals surface area (Å²) in [6.07, 6.45) is 0. The molecule has 1 aromatic heterocycles. The van der Waals surface area contributed by atoms with Crippen LogP contribution in [0.3, 0.4) is 0 Å². The zero-order valence-corrected chi connectivity index (χ0v) is 13.9. The van der Waals surface area contributed by atoms with Gasteiger partial charge in [0.1, 0.15) is 5.15 Å². The molecule has 0 aliphatic carbocycles. The molecule has 19 heavy (non-hydrogen) atoms. The van der Waals surface area contributed by atoms with Gasteiger partial charge in [-0.3, -0.25) is 0 Å². The first kappa shape index (κ1) is 14.3. The number of halogens is 1. The van der Waals surface area contributed by atoms with E-state index in [0.717, 1.165) is 10.8 Å². The van der Waals surface area contributed by atoms with E-state index in [9.17, 15) is 0 Å². The maximum atomic E-state index is 6.23. The fourth-order valence-electron chi connectivity index (χ4n) is 1.60. The third kappa shape index (κ3) is 2.93. The predicted molar refractivity (Wildman–Crippen MR) is 84.6 cm³/mol. The molecule has 102 valence electrons. The Labute approximate surface area is 120 Å². The number of hydrogen-bond acceptors (Lipinski definition) is 2. The van der Waals surface area contributed by atoms with E-state index in [-0.39, 0.29) is 5.04 Å². The summed E-state index contributed by atoms with van der Waals surface area (Å²) < 4.78 is 6.20. The van der Waals surface area contributed by atoms with E-state index < -0.39 is 8.32 Å². The Morgan fingerprint density at radius 2 is 1.79 bits per heavy atom. The largest absolute Gasteiger partial charge is 0.531 e. The number of fused-ring (bicyclic) bond motifs is 1. The number of benzene rings is 1. The van der Waals surface area contributed by atoms with Crippen LogP contribution in [0.2, 0.25) is 23.3 Å². The van der Waals surface area contributed by atoms with Crippen molar-refractivity contribution in [3.63, 3.8) is 0 Å². The second-order valence-electron chi connectivity index (χ2n) is 6.33. The van der Waals surface area contributed by atoms with Crippen LogP contribution in [0.25, 0.3) is 10.8 Å². The fourth-order valence-corrected chi connectivity index (χ4v) is 2.79. The van der Waals surface area contributed by atoms with Gasteiger partial charge in [-0.05, 0) is 23.5 Å². The monoisotopic (exact) mass is 293 g/mol. The van der Waals surface area contributed by atoms with Crippen molar-refractivity contribution in [2.24, 2.45) is 0 Å². The maximum absolute atomic E-state index is 6.23. The molecule has 0 amide bonds. The van der Waals surface area contributed by atoms with Crippen LogP contribution in [0.15, 0.2) is 30.3 Å². The van der Waals surface area contributed by atoms with Crippen molar-refractivity contribution in [2.75, 3.05) is 0 Å². The molecule has 4 heteroatoms. The Morgan fingerprint density at radius 1 is 1.16 bits per heavy atom. The standard InChI is InChI=1S/C15H20ClNOSi/c1-15(2,3)19(4,5)18-13-10-11-8-6-7-9-12(11)14(16)17-13/h6-10H,1-5H3. The summed E-state index contributed by atoms with van der Waals surface area (Å²) in [5.74, 6) is 0.635. The first-order valence-electron chi connectivity index (χ1n) is 6.45. The first-order chi connectivity index (χ1) is 8.71. The van der Waals surface area contributed by atoms with Gasteiger partial charge in [-0.25, -0.2) is 4.98 Å². The summed E-state index contributed by atoms with van der Waals surface area (Å²) in [6, 6.07) is 9.93. The molecule has 0 fully saturated rings. The molecule has 0 saturated heterocycles. The van der Waals surface area contributed by atoms with Gasteiger partial charge in [0.2, 0.25) is 5.88 Å². The summed E-state index contributed by atoms with van der Waals surface area (Å²) >= 11 is 6.23. The summed E-state index contributed by atoms with van der Waals surface area (Å²) in [7, 11) is -1.88. The molecule has 0 saturated carbocycles. The number of hydrogen-bond donors (Lipinski definition) is 0. The van der Waals surface area contributed by atoms with Crippen molar-refractivity contribution < 1.29 is 4.43 Å². The van der Waals surface area contributed by atoms with Crippen LogP contribution in [0.1, 0.15) is 20.8 Å². The molecular formula is C15H20ClNOSi. The molecule has 0 unspecified atom stereocenters. The van der Waals surface area contributed by atoms with Gasteiger partial charge < -0.3 is 4.43 Å². The zero-order valence-electron chi connectivity index (χ0n) is 12.1. The van der Waals surface area contributed by atoms with E-state index in [2.05, 4.69) is 38.8 Å². The Hall–Kier alpha value is -1.06. The van der Waals surface area contributed by atoms with E-state index in [0.29, 0.717) is 11.0 Å². The van der Waals surface area contributed by atoms with Gasteiger partial charge in [-0.2, -0.15) is 0 Å². The van der Waals surface area contributed by atoms with Crippen LogP contribution >= 0.6 is 11.6 Å². The molecule has 1 aromatic carbocycles. The highest BCUT2D eigenvalue weighted by atomic mass is 35.5. The van der Waals surface area contributed by atoms with Crippen LogP contribution in [0.4, 0.5) is 0 Å². The van der Waals surface area contributed by atoms with Crippen LogP contribution in [0.5, 0.6) is 5.88 Å². The smallest absolute Gasteiger partial charge is 0.252 e. The summed E-state index contributed by atoms with van der Waals surface area (Å²) in [5, 5.41) is 2.68. The number of pyridine rings is 1. The molecule has 0 spiro atoms. The van der Waals surface area contributed by atoms with Crippen LogP contribution in [0, 0.1) is 0 Å². The van der Waals surface area contributed by atoms with E-state index in [4.69, 9.17) is 16.0 Å². The SMILES string of the molecule is CC(C)(C)[Si](C)(C)Oc1cc2ccccc2c(Cl)n1. The maximum Gasteiger partial charge on any atom is 0.252 e. The average Bonchev–Trinajstić information content (AvgIpc) is 2.27. The number of aromatic nitrogens is 1. The van der Waals surface area contributed by atoms with E-state index in [1.165, 1.54) is 0 Å². The minimum atomic E-state index is -1.88. The number of nitrogens with zero attached hydrogens (tertiary/aromatic N) is 1. The van der Waals surface area contributed by atoms with E-state index >= 15 is 0 Å². The van der Waals surface area contributed by atoms with Crippen molar-refractivity contribution in [3.8, 4) is 5.88 Å². The third-order valence-corrected chi connectivity index (χ3v) is 8.46. The molecular weight excluding hydrogens is 274 g/mol. The second kappa shape index (κ2) is 4.80. The lowest BCUT2D eigenvalue weighted by molar-refractivity contribution is 0.477. The average molecular weight is 294 g/mol. The summed E-state index contributed by atoms with van der Waals surface area (Å²) in [6.45, 7) is 11.0. The van der Waals surface area contributed by atoms with Crippen molar-refractivity contribution in [1.29, 1.82) is 0 Å². The minimum Gasteiger partial charge on any atom is -0.531 e. The summed E-state index contributed by atoms with van der Waals surface area (Å²) in [5.41, 5.74) is 0. The minimum absolute atomic E-state index is 0.146. The quantitative estimate of drug-likeness (QED) is 0.556. The van der Waals surface area contributed by atoms with Gasteiger partial charge in [0.25, 0.3) is 8.32 Å². The highest BCUT2D eigenvalue weighted by molar-refractivity contribution is 6.74. The Kier molecular flexibility index (Phi) is 3.62. The molecule has 0 aliphatic heterocycles. The van der Waals surface area contributed by atoms with Crippen molar-refractivity contribution in [1.82, 2.24) is 4.98 Å². The Morgan fingerprint density at radius 3 is 2.42 bits per heavy atom. The Balaban J connectivity index is 2.42. The molecule has 2 nitrogen and oxygen atoms in total. The van der Waals surface area contributed by atoms with E-state index in [1.54, 1.807) is 0 Å². The second-order valence-corrected chi connectivity index (χ2v) is 11.4. The van der Waals surface area contributed by atoms with E-state index in [1.807, 2.05) is 30.3 Å². The lowest BCUT2D eigenvalue weighted by atomic mass is 10.2. The molecule has 0 bridgehead atoms. The normalized spacial score (nSPS) is 12.7. The Bertz CT molecular complexity index is 605. The van der Waals surface area contributed by atoms with Gasteiger partial charge in [0.15, 0.2) is 0 Å². The van der Waals surface area contributed by atoms with Gasteiger partial charge in [0.05, 0.1) is 0 Å². The third-order valence-electron chi connectivity index (χ3n) is 3.84. The topological polar surface area (TPSA) is 22.1 Å². The lowest BCUT2D eigenvalue weighted by Crippen LogP contribution is -2.44. The zero-order chi connectivity index (χ0) is 14.3. The molecule has 0 aliphatic rings. The lowest BCUT2D eigenvalue weighted by Gasteiger charge is -2.35. The molecule has 2 aromatic rings. The molecule has 1 heterocycles. The van der Waals surface area contributed by atoms with Crippen molar-refractivity contribution >= 4 is 30.7 Å². The van der Waals surface area contributed by atoms with Gasteiger partial charge in [-0.15, -0.1) is 0 Å². The predicted octanol–water partition coefficient (Wildman–Crippen LogP) is 5.27. The summed E-state index contributed by atoms with van der Waals surface area (Å²) in [4.78, 5) is 4.38. The van der Waals surface area contributed by atoms with Crippen molar-refractivity contribution in [2.45, 2.75) is 38.9 Å². The van der Waals surface area contributed by atoms with Crippen LogP contribution < -0.4 is 4.43 Å². The highest BCUT2D eigenvalue weighted by Crippen LogP contribution is 2.37. The van der Waals surface area contributed by atoms with Crippen molar-refractivity contribution in [3.05, 3.63) is 35.5 Å². The highest BCUT2D eigenvalue weighted by Gasteiger charge is 2.39. The van der Waals surface area contributed by atoms with Gasteiger partial charge >= 0.3 is 0 Å². The first-order valence-corrected chi connectivity index (χ1v) is 9.74. The van der Waals surface area contributed by atoms with Crippen LogP contribution in [-0.4, -0.2) is 13.3 Å².